The van der Waals surface area contributed by atoms with E-state index in [-0.39, 0.29) is 0 Å². The van der Waals surface area contributed by atoms with Gasteiger partial charge in [-0.3, -0.25) is 0 Å². The molecule has 0 amide bonds. The Morgan fingerprint density at radius 1 is 1.13 bits per heavy atom. The minimum Gasteiger partial charge on any atom is -0.303 e. The summed E-state index contributed by atoms with van der Waals surface area (Å²) in [6.07, 6.45) is 0. The molecular weight excluding hydrogens is 202 g/mol. The summed E-state index contributed by atoms with van der Waals surface area (Å²) in [6.45, 7) is 17.3. The summed E-state index contributed by atoms with van der Waals surface area (Å²) in [5.74, 6) is 2.42. The molecule has 0 N–H and O–H groups in total. The van der Waals surface area contributed by atoms with E-state index in [2.05, 4.69) is 59.1 Å². The van der Waals surface area contributed by atoms with Gasteiger partial charge in [-0.05, 0) is 29.5 Å². The molecule has 2 heteroatoms. The molecule has 0 fully saturated rings. The van der Waals surface area contributed by atoms with Gasteiger partial charge in [0.15, 0.2) is 0 Å². The van der Waals surface area contributed by atoms with E-state index in [0.29, 0.717) is 11.3 Å². The van der Waals surface area contributed by atoms with E-state index >= 15 is 0 Å². The Morgan fingerprint density at radius 3 is 1.93 bits per heavy atom. The van der Waals surface area contributed by atoms with Gasteiger partial charge in [0.05, 0.1) is 0 Å². The second kappa shape index (κ2) is 6.80. The Hall–Kier alpha value is 0.310. The second-order valence-electron chi connectivity index (χ2n) is 5.99. The highest BCUT2D eigenvalue weighted by molar-refractivity contribution is 7.80. The molecule has 0 bridgehead atoms. The third-order valence-electron chi connectivity index (χ3n) is 2.99. The van der Waals surface area contributed by atoms with Gasteiger partial charge in [0.1, 0.15) is 0 Å². The summed E-state index contributed by atoms with van der Waals surface area (Å²) in [4.78, 5) is 2.55. The van der Waals surface area contributed by atoms with Crippen LogP contribution in [-0.4, -0.2) is 30.3 Å². The molecule has 0 aromatic rings. The molecule has 0 saturated heterocycles. The van der Waals surface area contributed by atoms with Crippen molar-refractivity contribution in [3.8, 4) is 0 Å². The van der Waals surface area contributed by atoms with Crippen molar-refractivity contribution in [1.29, 1.82) is 0 Å². The Balaban J connectivity index is 4.25. The van der Waals surface area contributed by atoms with Crippen LogP contribution in [0.25, 0.3) is 0 Å². The molecule has 92 valence electrons. The van der Waals surface area contributed by atoms with Gasteiger partial charge in [0.2, 0.25) is 0 Å². The van der Waals surface area contributed by atoms with Crippen LogP contribution in [0.4, 0.5) is 0 Å². The van der Waals surface area contributed by atoms with Crippen molar-refractivity contribution < 1.29 is 0 Å². The molecule has 0 saturated carbocycles. The van der Waals surface area contributed by atoms with Gasteiger partial charge in [-0.1, -0.05) is 41.5 Å². The van der Waals surface area contributed by atoms with Crippen molar-refractivity contribution in [2.24, 2.45) is 17.3 Å². The number of hydrogen-bond acceptors (Lipinski definition) is 2. The Kier molecular flexibility index (Phi) is 6.94. The maximum absolute atomic E-state index is 4.49. The number of thiol groups is 1. The fraction of sp³-hybridized carbons (Fsp3) is 1.00. The first-order chi connectivity index (χ1) is 6.81. The van der Waals surface area contributed by atoms with Crippen LogP contribution in [0.5, 0.6) is 0 Å². The minimum absolute atomic E-state index is 0.367. The lowest BCUT2D eigenvalue weighted by Crippen LogP contribution is -2.38. The Bertz CT molecular complexity index is 160. The third kappa shape index (κ3) is 6.47. The molecule has 0 aliphatic heterocycles. The fourth-order valence-electron chi connectivity index (χ4n) is 1.77. The molecule has 0 heterocycles. The van der Waals surface area contributed by atoms with Crippen LogP contribution in [-0.2, 0) is 0 Å². The maximum atomic E-state index is 4.49. The quantitative estimate of drug-likeness (QED) is 0.684. The zero-order valence-corrected chi connectivity index (χ0v) is 12.3. The SMILES string of the molecule is CCN(CC(C)C)CC(CS)C(C)(C)C. The van der Waals surface area contributed by atoms with Crippen LogP contribution in [0.3, 0.4) is 0 Å². The molecule has 0 aromatic heterocycles. The lowest BCUT2D eigenvalue weighted by atomic mass is 9.81. The average molecular weight is 231 g/mol. The number of rotatable bonds is 6. The van der Waals surface area contributed by atoms with Gasteiger partial charge in [-0.15, -0.1) is 0 Å². The summed E-state index contributed by atoms with van der Waals surface area (Å²) in [6, 6.07) is 0. The van der Waals surface area contributed by atoms with Crippen molar-refractivity contribution >= 4 is 12.6 Å². The maximum Gasteiger partial charge on any atom is 0.00225 e. The van der Waals surface area contributed by atoms with E-state index in [1.807, 2.05) is 0 Å². The van der Waals surface area contributed by atoms with Gasteiger partial charge in [-0.25, -0.2) is 0 Å². The van der Waals surface area contributed by atoms with Crippen LogP contribution in [0.1, 0.15) is 41.5 Å². The van der Waals surface area contributed by atoms with Crippen molar-refractivity contribution in [2.45, 2.75) is 41.5 Å². The zero-order valence-electron chi connectivity index (χ0n) is 11.4. The predicted molar refractivity (Wildman–Crippen MR) is 73.8 cm³/mol. The molecule has 0 rings (SSSR count). The first-order valence-electron chi connectivity index (χ1n) is 6.14. The van der Waals surface area contributed by atoms with Crippen LogP contribution in [0, 0.1) is 17.3 Å². The van der Waals surface area contributed by atoms with Gasteiger partial charge in [0.25, 0.3) is 0 Å². The van der Waals surface area contributed by atoms with Gasteiger partial charge >= 0.3 is 0 Å². The highest BCUT2D eigenvalue weighted by Crippen LogP contribution is 2.27. The highest BCUT2D eigenvalue weighted by atomic mass is 32.1. The highest BCUT2D eigenvalue weighted by Gasteiger charge is 2.25. The lowest BCUT2D eigenvalue weighted by molar-refractivity contribution is 0.158. The summed E-state index contributed by atoms with van der Waals surface area (Å²) in [5, 5.41) is 0. The predicted octanol–water partition coefficient (Wildman–Crippen LogP) is 3.56. The summed E-state index contributed by atoms with van der Waals surface area (Å²) in [7, 11) is 0. The molecule has 1 nitrogen and oxygen atoms in total. The third-order valence-corrected chi connectivity index (χ3v) is 3.44. The molecule has 15 heavy (non-hydrogen) atoms. The molecule has 0 spiro atoms. The Morgan fingerprint density at radius 2 is 1.67 bits per heavy atom. The smallest absolute Gasteiger partial charge is 0.00225 e. The molecule has 0 radical (unpaired) electrons. The topological polar surface area (TPSA) is 3.24 Å². The first-order valence-corrected chi connectivity index (χ1v) is 6.77. The van der Waals surface area contributed by atoms with E-state index in [4.69, 9.17) is 0 Å². The summed E-state index contributed by atoms with van der Waals surface area (Å²) >= 11 is 4.49. The van der Waals surface area contributed by atoms with Crippen LogP contribution in [0.2, 0.25) is 0 Å². The number of nitrogens with zero attached hydrogens (tertiary/aromatic N) is 1. The van der Waals surface area contributed by atoms with E-state index in [1.54, 1.807) is 0 Å². The largest absolute Gasteiger partial charge is 0.303 e. The van der Waals surface area contributed by atoms with Gasteiger partial charge < -0.3 is 4.90 Å². The van der Waals surface area contributed by atoms with Crippen LogP contribution in [0.15, 0.2) is 0 Å². The lowest BCUT2D eigenvalue weighted by Gasteiger charge is -2.34. The zero-order chi connectivity index (χ0) is 12.1. The van der Waals surface area contributed by atoms with E-state index < -0.39 is 0 Å². The van der Waals surface area contributed by atoms with Crippen LogP contribution >= 0.6 is 12.6 Å². The van der Waals surface area contributed by atoms with Crippen molar-refractivity contribution in [1.82, 2.24) is 4.90 Å². The molecule has 1 atom stereocenters. The van der Waals surface area contributed by atoms with Crippen molar-refractivity contribution in [3.05, 3.63) is 0 Å². The van der Waals surface area contributed by atoms with Crippen molar-refractivity contribution in [3.63, 3.8) is 0 Å². The van der Waals surface area contributed by atoms with Gasteiger partial charge in [-0.2, -0.15) is 12.6 Å². The summed E-state index contributed by atoms with van der Waals surface area (Å²) in [5.41, 5.74) is 0.367. The Labute approximate surface area is 102 Å². The van der Waals surface area contributed by atoms with Crippen LogP contribution < -0.4 is 0 Å². The van der Waals surface area contributed by atoms with E-state index in [9.17, 15) is 0 Å². The summed E-state index contributed by atoms with van der Waals surface area (Å²) < 4.78 is 0. The van der Waals surface area contributed by atoms with E-state index in [0.717, 1.165) is 18.2 Å². The monoisotopic (exact) mass is 231 g/mol. The molecule has 1 unspecified atom stereocenters. The normalized spacial score (nSPS) is 15.0. The molecule has 0 aliphatic carbocycles. The molecule has 0 aromatic carbocycles. The minimum atomic E-state index is 0.367. The second-order valence-corrected chi connectivity index (χ2v) is 6.36. The number of hydrogen-bond donors (Lipinski definition) is 1. The fourth-order valence-corrected chi connectivity index (χ4v) is 2.43. The van der Waals surface area contributed by atoms with Crippen molar-refractivity contribution in [2.75, 3.05) is 25.4 Å². The standard InChI is InChI=1S/C13H29NS/c1-7-14(8-11(2)3)9-12(10-15)13(4,5)6/h11-12,15H,7-10H2,1-6H3. The van der Waals surface area contributed by atoms with E-state index in [1.165, 1.54) is 13.1 Å². The first kappa shape index (κ1) is 15.3. The molecular formula is C13H29NS. The average Bonchev–Trinajstić information content (AvgIpc) is 2.09. The van der Waals surface area contributed by atoms with Gasteiger partial charge in [0, 0.05) is 13.1 Å². The molecule has 0 aliphatic rings.